The van der Waals surface area contributed by atoms with E-state index < -0.39 is 50.9 Å². The molecule has 0 aliphatic rings. The van der Waals surface area contributed by atoms with E-state index in [1.54, 1.807) is 6.07 Å². The van der Waals surface area contributed by atoms with Gasteiger partial charge in [0.15, 0.2) is 17.3 Å². The number of ketones is 1. The first kappa shape index (κ1) is 26.4. The second kappa shape index (κ2) is 10.1. The van der Waals surface area contributed by atoms with Crippen LogP contribution in [0.3, 0.4) is 0 Å². The minimum absolute atomic E-state index is 0.283. The first-order valence-corrected chi connectivity index (χ1v) is 9.45. The van der Waals surface area contributed by atoms with Crippen molar-refractivity contribution in [2.45, 2.75) is 20.8 Å². The van der Waals surface area contributed by atoms with E-state index in [9.17, 15) is 29.8 Å². The van der Waals surface area contributed by atoms with Gasteiger partial charge in [0.05, 0.1) is 9.95 Å². The van der Waals surface area contributed by atoms with Crippen LogP contribution in [0.4, 0.5) is 15.3 Å². The van der Waals surface area contributed by atoms with Crippen LogP contribution in [0.15, 0.2) is 17.7 Å². The van der Waals surface area contributed by atoms with E-state index in [1.165, 1.54) is 49.0 Å². The molecule has 0 atom stereocenters. The highest BCUT2D eigenvalue weighted by molar-refractivity contribution is 6.32. The fourth-order valence-corrected chi connectivity index (χ4v) is 2.33. The maximum atomic E-state index is 12.9. The molecule has 1 aromatic rings. The Labute approximate surface area is 189 Å². The van der Waals surface area contributed by atoms with E-state index in [4.69, 9.17) is 21.1 Å². The minimum Gasteiger partial charge on any atom is -0.409 e. The molecule has 0 unspecified atom stereocenters. The number of nitro groups is 1. The van der Waals surface area contributed by atoms with E-state index in [0.717, 1.165) is 21.9 Å². The van der Waals surface area contributed by atoms with Crippen LogP contribution in [-0.2, 0) is 9.53 Å². The SMILES string of the molecule is CN(C)C(=O)O/C(=C(/C#N)C(=O)C(C)(C)C)c1cc(OC(=O)N(C)C)c(Cl)cc1[N+](=O)[O-]. The summed E-state index contributed by atoms with van der Waals surface area (Å²) in [6, 6.07) is 3.51. The number of Topliss-reactive ketones (excluding diaryl/α,β-unsaturated/α-hetero) is 1. The first-order chi connectivity index (χ1) is 14.6. The van der Waals surface area contributed by atoms with Gasteiger partial charge in [0.25, 0.3) is 5.69 Å². The number of allylic oxidation sites excluding steroid dienone is 1. The number of carbonyl (C=O) groups is 3. The lowest BCUT2D eigenvalue weighted by Crippen LogP contribution is -2.27. The third kappa shape index (κ3) is 6.18. The van der Waals surface area contributed by atoms with Crippen LogP contribution in [0, 0.1) is 26.9 Å². The number of ether oxygens (including phenoxy) is 2. The van der Waals surface area contributed by atoms with Crippen LogP contribution in [0.2, 0.25) is 5.02 Å². The van der Waals surface area contributed by atoms with Gasteiger partial charge in [-0.1, -0.05) is 32.4 Å². The van der Waals surface area contributed by atoms with Gasteiger partial charge in [0.1, 0.15) is 17.2 Å². The molecule has 12 heteroatoms. The molecule has 2 amide bonds. The van der Waals surface area contributed by atoms with Crippen molar-refractivity contribution in [3.05, 3.63) is 38.4 Å². The predicted molar refractivity (Wildman–Crippen MR) is 115 cm³/mol. The highest BCUT2D eigenvalue weighted by Gasteiger charge is 2.34. The van der Waals surface area contributed by atoms with Crippen LogP contribution in [-0.4, -0.2) is 60.9 Å². The predicted octanol–water partition coefficient (Wildman–Crippen LogP) is 3.86. The molecule has 172 valence electrons. The van der Waals surface area contributed by atoms with E-state index in [2.05, 4.69) is 0 Å². The topological polar surface area (TPSA) is 143 Å². The maximum absolute atomic E-state index is 12.9. The summed E-state index contributed by atoms with van der Waals surface area (Å²) in [4.78, 5) is 50.1. The number of halogens is 1. The highest BCUT2D eigenvalue weighted by Crippen LogP contribution is 2.39. The van der Waals surface area contributed by atoms with Gasteiger partial charge in [-0.2, -0.15) is 5.26 Å². The number of amides is 2. The molecule has 0 spiro atoms. The summed E-state index contributed by atoms with van der Waals surface area (Å²) in [7, 11) is 5.50. The number of rotatable bonds is 5. The number of nitrogens with zero attached hydrogens (tertiary/aromatic N) is 4. The van der Waals surface area contributed by atoms with Crippen molar-refractivity contribution in [2.75, 3.05) is 28.2 Å². The Bertz CT molecular complexity index is 1030. The summed E-state index contributed by atoms with van der Waals surface area (Å²) in [6.07, 6.45) is -1.83. The fourth-order valence-electron chi connectivity index (χ4n) is 2.14. The summed E-state index contributed by atoms with van der Waals surface area (Å²) in [6.45, 7) is 4.58. The molecule has 11 nitrogen and oxygen atoms in total. The largest absolute Gasteiger partial charge is 0.414 e. The van der Waals surface area contributed by atoms with Crippen molar-refractivity contribution < 1.29 is 28.8 Å². The summed E-state index contributed by atoms with van der Waals surface area (Å²) < 4.78 is 10.3. The maximum Gasteiger partial charge on any atom is 0.414 e. The molecule has 1 aromatic carbocycles. The minimum atomic E-state index is -1.08. The van der Waals surface area contributed by atoms with Crippen LogP contribution in [0.1, 0.15) is 26.3 Å². The zero-order chi connectivity index (χ0) is 25.0. The van der Waals surface area contributed by atoms with Gasteiger partial charge in [-0.3, -0.25) is 14.9 Å². The van der Waals surface area contributed by atoms with Crippen molar-refractivity contribution in [1.29, 1.82) is 5.26 Å². The van der Waals surface area contributed by atoms with Crippen molar-refractivity contribution in [3.63, 3.8) is 0 Å². The molecule has 0 heterocycles. The van der Waals surface area contributed by atoms with Gasteiger partial charge in [-0.25, -0.2) is 9.59 Å². The van der Waals surface area contributed by atoms with Crippen molar-refractivity contribution in [1.82, 2.24) is 9.80 Å². The molecule has 0 radical (unpaired) electrons. The average molecular weight is 467 g/mol. The van der Waals surface area contributed by atoms with Gasteiger partial charge in [-0.15, -0.1) is 0 Å². The Hall–Kier alpha value is -3.65. The Morgan fingerprint density at radius 3 is 2.03 bits per heavy atom. The molecule has 0 saturated heterocycles. The Morgan fingerprint density at radius 2 is 1.62 bits per heavy atom. The van der Waals surface area contributed by atoms with Crippen molar-refractivity contribution in [3.8, 4) is 11.8 Å². The average Bonchev–Trinajstić information content (AvgIpc) is 2.67. The van der Waals surface area contributed by atoms with Crippen molar-refractivity contribution in [2.24, 2.45) is 5.41 Å². The molecule has 0 aliphatic carbocycles. The normalized spacial score (nSPS) is 11.6. The van der Waals surface area contributed by atoms with E-state index in [0.29, 0.717) is 0 Å². The Kier molecular flexibility index (Phi) is 8.33. The fraction of sp³-hybridized carbons (Fsp3) is 0.400. The number of hydrogen-bond acceptors (Lipinski definition) is 8. The number of benzene rings is 1. The second-order valence-corrected chi connectivity index (χ2v) is 8.38. The number of hydrogen-bond donors (Lipinski definition) is 0. The van der Waals surface area contributed by atoms with Gasteiger partial charge < -0.3 is 19.3 Å². The lowest BCUT2D eigenvalue weighted by Gasteiger charge is -2.20. The Morgan fingerprint density at radius 1 is 1.09 bits per heavy atom. The third-order valence-corrected chi connectivity index (χ3v) is 4.15. The van der Waals surface area contributed by atoms with Gasteiger partial charge in [0, 0.05) is 45.7 Å². The van der Waals surface area contributed by atoms with Crippen LogP contribution >= 0.6 is 11.6 Å². The van der Waals surface area contributed by atoms with Crippen LogP contribution in [0.25, 0.3) is 5.76 Å². The molecule has 32 heavy (non-hydrogen) atoms. The molecule has 1 rings (SSSR count). The zero-order valence-electron chi connectivity index (χ0n) is 18.7. The smallest absolute Gasteiger partial charge is 0.409 e. The molecule has 0 N–H and O–H groups in total. The highest BCUT2D eigenvalue weighted by atomic mass is 35.5. The zero-order valence-corrected chi connectivity index (χ0v) is 19.4. The van der Waals surface area contributed by atoms with Crippen molar-refractivity contribution >= 4 is 41.0 Å². The number of nitriles is 1. The monoisotopic (exact) mass is 466 g/mol. The summed E-state index contributed by atoms with van der Waals surface area (Å²) >= 11 is 6.04. The first-order valence-electron chi connectivity index (χ1n) is 9.07. The summed E-state index contributed by atoms with van der Waals surface area (Å²) in [5.74, 6) is -1.68. The van der Waals surface area contributed by atoms with Crippen LogP contribution in [0.5, 0.6) is 5.75 Å². The molecule has 0 aliphatic heterocycles. The van der Waals surface area contributed by atoms with E-state index in [-0.39, 0.29) is 10.8 Å². The third-order valence-electron chi connectivity index (χ3n) is 3.86. The molecular weight excluding hydrogens is 444 g/mol. The lowest BCUT2D eigenvalue weighted by molar-refractivity contribution is -0.385. The molecule has 0 fully saturated rings. The van der Waals surface area contributed by atoms with Gasteiger partial charge in [0.2, 0.25) is 0 Å². The number of nitro benzene ring substituents is 1. The number of carbonyl (C=O) groups excluding carboxylic acids is 3. The molecule has 0 bridgehead atoms. The lowest BCUT2D eigenvalue weighted by atomic mass is 9.85. The Balaban J connectivity index is 3.99. The van der Waals surface area contributed by atoms with Crippen LogP contribution < -0.4 is 4.74 Å². The molecule has 0 saturated carbocycles. The van der Waals surface area contributed by atoms with E-state index in [1.807, 2.05) is 0 Å². The standard InChI is InChI=1S/C20H23ClN4O7/c1-20(2,3)17(26)12(10-22)16(32-19(28)24(6)7)11-8-15(31-18(27)23(4)5)13(21)9-14(11)25(29)30/h8-9H,1-7H3/b16-12-. The van der Waals surface area contributed by atoms with E-state index >= 15 is 0 Å². The summed E-state index contributed by atoms with van der Waals surface area (Å²) in [5.41, 5.74) is -2.81. The molecule has 0 aromatic heterocycles. The second-order valence-electron chi connectivity index (χ2n) is 7.98. The van der Waals surface area contributed by atoms with Gasteiger partial charge >= 0.3 is 12.2 Å². The quantitative estimate of drug-likeness (QED) is 0.209. The van der Waals surface area contributed by atoms with Gasteiger partial charge in [-0.05, 0) is 0 Å². The summed E-state index contributed by atoms with van der Waals surface area (Å²) in [5, 5.41) is 21.1. The molecular formula is C20H23ClN4O7.